The van der Waals surface area contributed by atoms with Gasteiger partial charge in [0.15, 0.2) is 0 Å². The number of rotatable bonds is 11. The summed E-state index contributed by atoms with van der Waals surface area (Å²) in [5.41, 5.74) is 2.97. The zero-order valence-electron chi connectivity index (χ0n) is 29.1. The molecule has 1 unspecified atom stereocenters. The Hall–Kier alpha value is -5.57. The number of nitrogens with one attached hydrogen (secondary N) is 1. The Morgan fingerprint density at radius 3 is 2.31 bits per heavy atom. The molecular weight excluding hydrogens is 715 g/mol. The Morgan fingerprint density at radius 2 is 1.61 bits per heavy atom. The number of carbonyl (C=O) groups is 1. The lowest BCUT2D eigenvalue weighted by atomic mass is 10.0. The number of hydrogen-bond donors (Lipinski definition) is 1. The van der Waals surface area contributed by atoms with Crippen LogP contribution in [-0.2, 0) is 32.5 Å². The maximum Gasteiger partial charge on any atom is 0.266 e. The molecule has 0 spiro atoms. The van der Waals surface area contributed by atoms with Crippen molar-refractivity contribution < 1.29 is 26.7 Å². The van der Waals surface area contributed by atoms with E-state index in [4.69, 9.17) is 9.72 Å². The number of halogens is 2. The molecule has 6 aromatic rings. The zero-order valence-corrected chi connectivity index (χ0v) is 29.9. The molecule has 2 aliphatic rings. The van der Waals surface area contributed by atoms with Crippen LogP contribution in [0, 0.1) is 11.6 Å². The Kier molecular flexibility index (Phi) is 9.65. The van der Waals surface area contributed by atoms with Gasteiger partial charge in [-0.05, 0) is 84.1 Å². The van der Waals surface area contributed by atoms with Crippen LogP contribution in [0.3, 0.4) is 0 Å². The monoisotopic (exact) mass is 750 g/mol. The van der Waals surface area contributed by atoms with Crippen molar-refractivity contribution in [2.24, 2.45) is 0 Å². The van der Waals surface area contributed by atoms with E-state index in [1.54, 1.807) is 18.3 Å². The van der Waals surface area contributed by atoms with Crippen LogP contribution in [0.2, 0.25) is 0 Å². The fourth-order valence-corrected chi connectivity index (χ4v) is 8.23. The number of sulfonamides is 1. The third-order valence-corrected chi connectivity index (χ3v) is 11.6. The van der Waals surface area contributed by atoms with E-state index in [0.29, 0.717) is 11.4 Å². The minimum Gasteiger partial charge on any atom is -0.379 e. The van der Waals surface area contributed by atoms with Gasteiger partial charge in [0, 0.05) is 37.7 Å². The van der Waals surface area contributed by atoms with Gasteiger partial charge in [-0.1, -0.05) is 36.4 Å². The second-order valence-electron chi connectivity index (χ2n) is 13.5. The van der Waals surface area contributed by atoms with Gasteiger partial charge in [0.25, 0.3) is 5.56 Å². The number of carbonyl (C=O) groups excluding carboxylic acids is 1. The Bertz CT molecular complexity index is 2490. The van der Waals surface area contributed by atoms with Crippen molar-refractivity contribution in [1.82, 2.24) is 29.0 Å². The molecule has 1 amide bonds. The first-order valence-electron chi connectivity index (χ1n) is 17.7. The molecule has 4 aromatic carbocycles. The Balaban J connectivity index is 1.25. The summed E-state index contributed by atoms with van der Waals surface area (Å²) in [5, 5.41) is 7.79. The fourth-order valence-electron chi connectivity index (χ4n) is 6.82. The number of amides is 1. The lowest BCUT2D eigenvalue weighted by Crippen LogP contribution is -2.40. The maximum atomic E-state index is 14.6. The van der Waals surface area contributed by atoms with E-state index in [9.17, 15) is 26.8 Å². The summed E-state index contributed by atoms with van der Waals surface area (Å²) in [6.45, 7) is 0.862. The number of morpholine rings is 1. The van der Waals surface area contributed by atoms with Crippen LogP contribution < -0.4 is 10.9 Å². The van der Waals surface area contributed by atoms with Gasteiger partial charge in [-0.2, -0.15) is 9.40 Å². The molecule has 1 saturated heterocycles. The standard InChI is InChI=1S/C40H36F2N6O5S/c41-30-20-26(21-31(42)24-30)22-37(43-38(49)25-46-15-14-35(45-46)28-6-7-28)39-44-36-23-29(27-4-2-1-3-5-27)8-13-34(36)40(50)48(39)32-9-11-33(12-10-32)54(51,52)47-16-18-53-19-17-47/h1-5,8-15,20-21,23-24,28,37H,6-7,16-19,22,25H2,(H,43,49). The molecule has 0 radical (unpaired) electrons. The fraction of sp³-hybridized carbons (Fsp3) is 0.250. The number of nitrogens with zero attached hydrogens (tertiary/aromatic N) is 5. The molecular formula is C40H36F2N6O5S. The second-order valence-corrected chi connectivity index (χ2v) is 15.5. The summed E-state index contributed by atoms with van der Waals surface area (Å²) in [6, 6.07) is 24.6. The van der Waals surface area contributed by atoms with Gasteiger partial charge in [0.2, 0.25) is 15.9 Å². The zero-order chi connectivity index (χ0) is 37.4. The first-order valence-corrected chi connectivity index (χ1v) is 19.1. The molecule has 276 valence electrons. The van der Waals surface area contributed by atoms with Gasteiger partial charge in [-0.3, -0.25) is 18.8 Å². The molecule has 0 bridgehead atoms. The van der Waals surface area contributed by atoms with Crippen molar-refractivity contribution in [2.75, 3.05) is 26.3 Å². The van der Waals surface area contributed by atoms with E-state index in [0.717, 1.165) is 35.7 Å². The Labute approximate surface area is 309 Å². The summed E-state index contributed by atoms with van der Waals surface area (Å²) in [6.07, 6.45) is 3.69. The third kappa shape index (κ3) is 7.45. The summed E-state index contributed by atoms with van der Waals surface area (Å²) in [7, 11) is -3.84. The molecule has 54 heavy (non-hydrogen) atoms. The van der Waals surface area contributed by atoms with E-state index < -0.39 is 39.2 Å². The van der Waals surface area contributed by atoms with Crippen molar-refractivity contribution in [3.8, 4) is 16.8 Å². The third-order valence-electron chi connectivity index (χ3n) is 9.68. The number of hydrogen-bond acceptors (Lipinski definition) is 7. The molecule has 2 fully saturated rings. The van der Waals surface area contributed by atoms with E-state index in [2.05, 4.69) is 10.4 Å². The van der Waals surface area contributed by atoms with Crippen molar-refractivity contribution in [3.05, 3.63) is 142 Å². The highest BCUT2D eigenvalue weighted by molar-refractivity contribution is 7.89. The minimum absolute atomic E-state index is 0.0360. The van der Waals surface area contributed by atoms with Crippen LogP contribution >= 0.6 is 0 Å². The number of aromatic nitrogens is 4. The highest BCUT2D eigenvalue weighted by atomic mass is 32.2. The van der Waals surface area contributed by atoms with Gasteiger partial charge < -0.3 is 10.1 Å². The van der Waals surface area contributed by atoms with E-state index in [1.165, 1.54) is 50.0 Å². The van der Waals surface area contributed by atoms with E-state index in [-0.39, 0.29) is 66.6 Å². The first-order chi connectivity index (χ1) is 26.1. The molecule has 14 heteroatoms. The first kappa shape index (κ1) is 35.5. The van der Waals surface area contributed by atoms with Crippen LogP contribution in [0.15, 0.2) is 113 Å². The van der Waals surface area contributed by atoms with E-state index in [1.807, 2.05) is 42.5 Å². The highest BCUT2D eigenvalue weighted by Gasteiger charge is 2.29. The molecule has 1 aliphatic carbocycles. The topological polar surface area (TPSA) is 128 Å². The van der Waals surface area contributed by atoms with Gasteiger partial charge >= 0.3 is 0 Å². The van der Waals surface area contributed by atoms with Crippen molar-refractivity contribution >= 4 is 26.8 Å². The molecule has 1 saturated carbocycles. The average molecular weight is 751 g/mol. The molecule has 11 nitrogen and oxygen atoms in total. The van der Waals surface area contributed by atoms with Crippen LogP contribution in [-0.4, -0.2) is 64.3 Å². The number of ether oxygens (including phenoxy) is 1. The summed E-state index contributed by atoms with van der Waals surface area (Å²) in [5.74, 6) is -1.59. The lowest BCUT2D eigenvalue weighted by Gasteiger charge is -2.26. The average Bonchev–Trinajstić information content (AvgIpc) is 3.92. The summed E-state index contributed by atoms with van der Waals surface area (Å²) in [4.78, 5) is 33.3. The number of benzene rings is 4. The predicted molar refractivity (Wildman–Crippen MR) is 198 cm³/mol. The van der Waals surface area contributed by atoms with Crippen molar-refractivity contribution in [2.45, 2.75) is 42.7 Å². The largest absolute Gasteiger partial charge is 0.379 e. The lowest BCUT2D eigenvalue weighted by molar-refractivity contribution is -0.122. The molecule has 3 heterocycles. The van der Waals surface area contributed by atoms with Gasteiger partial charge in [-0.25, -0.2) is 22.2 Å². The van der Waals surface area contributed by atoms with Crippen molar-refractivity contribution in [1.29, 1.82) is 0 Å². The Morgan fingerprint density at radius 1 is 0.889 bits per heavy atom. The smallest absolute Gasteiger partial charge is 0.266 e. The quantitative estimate of drug-likeness (QED) is 0.185. The van der Waals surface area contributed by atoms with Crippen LogP contribution in [0.25, 0.3) is 27.7 Å². The predicted octanol–water partition coefficient (Wildman–Crippen LogP) is 5.53. The van der Waals surface area contributed by atoms with Crippen molar-refractivity contribution in [3.63, 3.8) is 0 Å². The van der Waals surface area contributed by atoms with Gasteiger partial charge in [-0.15, -0.1) is 0 Å². The summed E-state index contributed by atoms with van der Waals surface area (Å²) >= 11 is 0. The van der Waals surface area contributed by atoms with Gasteiger partial charge in [0.05, 0.1) is 46.4 Å². The van der Waals surface area contributed by atoms with Crippen LogP contribution in [0.1, 0.15) is 41.9 Å². The molecule has 1 atom stereocenters. The molecule has 1 aliphatic heterocycles. The normalized spacial score (nSPS) is 15.7. The maximum absolute atomic E-state index is 14.6. The molecule has 8 rings (SSSR count). The van der Waals surface area contributed by atoms with Crippen LogP contribution in [0.5, 0.6) is 0 Å². The van der Waals surface area contributed by atoms with Crippen LogP contribution in [0.4, 0.5) is 8.78 Å². The SMILES string of the molecule is O=C(Cn1ccc(C2CC2)n1)NC(Cc1cc(F)cc(F)c1)c1nc2cc(-c3ccccc3)ccc2c(=O)n1-c1ccc(S(=O)(=O)N2CCOCC2)cc1. The second kappa shape index (κ2) is 14.7. The van der Waals surface area contributed by atoms with E-state index >= 15 is 0 Å². The molecule has 1 N–H and O–H groups in total. The molecule has 2 aromatic heterocycles. The van der Waals surface area contributed by atoms with Gasteiger partial charge in [0.1, 0.15) is 24.0 Å². The highest BCUT2D eigenvalue weighted by Crippen LogP contribution is 2.38. The minimum atomic E-state index is -3.84. The summed E-state index contributed by atoms with van der Waals surface area (Å²) < 4.78 is 65.5. The number of fused-ring (bicyclic) bond motifs is 1.